The number of H-pyrrole nitrogens is 1. The van der Waals surface area contributed by atoms with Crippen molar-refractivity contribution < 1.29 is 5.11 Å². The van der Waals surface area contributed by atoms with E-state index >= 15 is 0 Å². The van der Waals surface area contributed by atoms with E-state index in [1.54, 1.807) is 0 Å². The van der Waals surface area contributed by atoms with E-state index in [2.05, 4.69) is 66.4 Å². The zero-order valence-corrected chi connectivity index (χ0v) is 19.4. The predicted octanol–water partition coefficient (Wildman–Crippen LogP) is 6.77. The number of rotatable bonds is 6. The number of aromatic nitrogens is 1. The second kappa shape index (κ2) is 9.38. The molecule has 5 aromatic rings. The Labute approximate surface area is 199 Å². The van der Waals surface area contributed by atoms with Gasteiger partial charge in [-0.1, -0.05) is 84.9 Å². The summed E-state index contributed by atoms with van der Waals surface area (Å²) in [5.41, 5.74) is 7.53. The molecule has 4 heteroatoms. The molecule has 0 atom stereocenters. The van der Waals surface area contributed by atoms with E-state index in [4.69, 9.17) is 4.99 Å². The fourth-order valence-corrected chi connectivity index (χ4v) is 4.31. The molecule has 0 saturated heterocycles. The minimum Gasteiger partial charge on any atom is -0.494 e. The molecular formula is C30H27N3O. The molecule has 34 heavy (non-hydrogen) atoms. The van der Waals surface area contributed by atoms with Crippen molar-refractivity contribution >= 4 is 22.3 Å². The summed E-state index contributed by atoms with van der Waals surface area (Å²) >= 11 is 0. The molecule has 168 valence electrons. The van der Waals surface area contributed by atoms with Crippen LogP contribution in [-0.2, 0) is 6.54 Å². The minimum atomic E-state index is 0.118. The van der Waals surface area contributed by atoms with Gasteiger partial charge in [-0.25, -0.2) is 4.99 Å². The van der Waals surface area contributed by atoms with Crippen molar-refractivity contribution in [1.82, 2.24) is 9.88 Å². The van der Waals surface area contributed by atoms with Crippen LogP contribution < -0.4 is 0 Å². The smallest absolute Gasteiger partial charge is 0.199 e. The Bertz CT molecular complexity index is 1450. The first-order valence-electron chi connectivity index (χ1n) is 11.4. The average Bonchev–Trinajstić information content (AvgIpc) is 3.18. The average molecular weight is 446 g/mol. The molecule has 0 aliphatic carbocycles. The second-order valence-electron chi connectivity index (χ2n) is 8.71. The van der Waals surface area contributed by atoms with E-state index in [1.165, 1.54) is 5.56 Å². The number of nitrogens with one attached hydrogen (secondary N) is 1. The summed E-state index contributed by atoms with van der Waals surface area (Å²) in [5, 5.41) is 12.0. The molecule has 0 aliphatic heterocycles. The van der Waals surface area contributed by atoms with Crippen molar-refractivity contribution in [3.8, 4) is 17.0 Å². The fourth-order valence-electron chi connectivity index (χ4n) is 4.31. The zero-order chi connectivity index (χ0) is 23.5. The van der Waals surface area contributed by atoms with Gasteiger partial charge in [-0.3, -0.25) is 0 Å². The third-order valence-electron chi connectivity index (χ3n) is 5.82. The molecule has 5 rings (SSSR count). The second-order valence-corrected chi connectivity index (χ2v) is 8.71. The highest BCUT2D eigenvalue weighted by Crippen LogP contribution is 2.34. The number of aliphatic imine (C=N–C) groups is 1. The van der Waals surface area contributed by atoms with Gasteiger partial charge in [-0.2, -0.15) is 0 Å². The van der Waals surface area contributed by atoms with E-state index in [0.29, 0.717) is 5.56 Å². The Morgan fingerprint density at radius 3 is 2.26 bits per heavy atom. The van der Waals surface area contributed by atoms with E-state index in [9.17, 15) is 5.11 Å². The zero-order valence-electron chi connectivity index (χ0n) is 19.4. The molecule has 1 heterocycles. The lowest BCUT2D eigenvalue weighted by Crippen LogP contribution is -2.10. The lowest BCUT2D eigenvalue weighted by molar-refractivity contribution is 0.402. The lowest BCUT2D eigenvalue weighted by atomic mass is 9.98. The van der Waals surface area contributed by atoms with Crippen molar-refractivity contribution in [2.45, 2.75) is 6.54 Å². The summed E-state index contributed by atoms with van der Waals surface area (Å²) < 4.78 is 0. The SMILES string of the molecule is CN(C)Cc1cccc(N=C(c2ccccc2)c2c(O)[nH]c3cc(-c4ccccc4)ccc23)c1. The van der Waals surface area contributed by atoms with Crippen LogP contribution in [0.25, 0.3) is 22.0 Å². The van der Waals surface area contributed by atoms with E-state index in [0.717, 1.165) is 45.5 Å². The Balaban J connectivity index is 1.66. The van der Waals surface area contributed by atoms with Crippen molar-refractivity contribution in [2.75, 3.05) is 14.1 Å². The van der Waals surface area contributed by atoms with Crippen molar-refractivity contribution in [3.05, 3.63) is 120 Å². The van der Waals surface area contributed by atoms with Gasteiger partial charge in [0.15, 0.2) is 5.88 Å². The Morgan fingerprint density at radius 2 is 1.53 bits per heavy atom. The summed E-state index contributed by atoms with van der Waals surface area (Å²) in [5.74, 6) is 0.118. The van der Waals surface area contributed by atoms with Gasteiger partial charge >= 0.3 is 0 Å². The van der Waals surface area contributed by atoms with Gasteiger partial charge in [0.25, 0.3) is 0 Å². The Hall–Kier alpha value is -4.15. The Kier molecular flexibility index (Phi) is 5.98. The van der Waals surface area contributed by atoms with E-state index in [-0.39, 0.29) is 5.88 Å². The topological polar surface area (TPSA) is 51.6 Å². The highest BCUT2D eigenvalue weighted by atomic mass is 16.3. The maximum absolute atomic E-state index is 11.0. The number of hydrogen-bond acceptors (Lipinski definition) is 3. The highest BCUT2D eigenvalue weighted by molar-refractivity contribution is 6.22. The summed E-state index contributed by atoms with van der Waals surface area (Å²) in [4.78, 5) is 10.4. The first kappa shape index (κ1) is 21.7. The first-order valence-corrected chi connectivity index (χ1v) is 11.4. The summed E-state index contributed by atoms with van der Waals surface area (Å²) in [6.07, 6.45) is 0. The standard InChI is InChI=1S/C30H27N3O/c1-33(2)20-21-10-9-15-25(18-21)31-29(23-13-7-4-8-14-23)28-26-17-16-24(19-27(26)32-30(28)34)22-11-5-3-6-12-22/h3-19,32,34H,20H2,1-2H3. The maximum atomic E-state index is 11.0. The monoisotopic (exact) mass is 445 g/mol. The Morgan fingerprint density at radius 1 is 0.794 bits per heavy atom. The molecule has 0 spiro atoms. The third-order valence-corrected chi connectivity index (χ3v) is 5.82. The van der Waals surface area contributed by atoms with Gasteiger partial charge in [-0.15, -0.1) is 0 Å². The van der Waals surface area contributed by atoms with E-state index < -0.39 is 0 Å². The van der Waals surface area contributed by atoms with Crippen LogP contribution in [-0.4, -0.2) is 34.8 Å². The number of fused-ring (bicyclic) bond motifs is 1. The molecule has 0 radical (unpaired) electrons. The normalized spacial score (nSPS) is 11.9. The van der Waals surface area contributed by atoms with E-state index in [1.807, 2.05) is 60.7 Å². The number of nitrogens with zero attached hydrogens (tertiary/aromatic N) is 2. The molecule has 0 bridgehead atoms. The predicted molar refractivity (Wildman–Crippen MR) is 141 cm³/mol. The molecule has 0 aliphatic rings. The van der Waals surface area contributed by atoms with Gasteiger partial charge < -0.3 is 15.0 Å². The van der Waals surface area contributed by atoms with Crippen LogP contribution >= 0.6 is 0 Å². The maximum Gasteiger partial charge on any atom is 0.199 e. The molecule has 1 aromatic heterocycles. The van der Waals surface area contributed by atoms with Crippen LogP contribution in [0.4, 0.5) is 5.69 Å². The van der Waals surface area contributed by atoms with Crippen LogP contribution in [0.15, 0.2) is 108 Å². The van der Waals surface area contributed by atoms with Crippen molar-refractivity contribution in [3.63, 3.8) is 0 Å². The van der Waals surface area contributed by atoms with Gasteiger partial charge in [-0.05, 0) is 49.0 Å². The van der Waals surface area contributed by atoms with Crippen LogP contribution in [0.2, 0.25) is 0 Å². The summed E-state index contributed by atoms with van der Waals surface area (Å²) in [6, 6.07) is 34.7. The van der Waals surface area contributed by atoms with Gasteiger partial charge in [0.05, 0.1) is 17.0 Å². The fraction of sp³-hybridized carbons (Fsp3) is 0.100. The molecule has 0 saturated carbocycles. The number of aromatic hydroxyl groups is 1. The summed E-state index contributed by atoms with van der Waals surface area (Å²) in [7, 11) is 4.11. The minimum absolute atomic E-state index is 0.118. The van der Waals surface area contributed by atoms with Crippen molar-refractivity contribution in [1.29, 1.82) is 0 Å². The number of hydrogen-bond donors (Lipinski definition) is 2. The van der Waals surface area contributed by atoms with Crippen LogP contribution in [0.3, 0.4) is 0 Å². The van der Waals surface area contributed by atoms with Gasteiger partial charge in [0.1, 0.15) is 0 Å². The quantitative estimate of drug-likeness (QED) is 0.283. The molecule has 4 nitrogen and oxygen atoms in total. The molecule has 4 aromatic carbocycles. The number of aromatic amines is 1. The largest absolute Gasteiger partial charge is 0.494 e. The number of benzene rings is 4. The molecule has 0 amide bonds. The molecule has 0 unspecified atom stereocenters. The first-order chi connectivity index (χ1) is 16.6. The lowest BCUT2D eigenvalue weighted by Gasteiger charge is -2.11. The van der Waals surface area contributed by atoms with Gasteiger partial charge in [0, 0.05) is 23.0 Å². The van der Waals surface area contributed by atoms with Crippen LogP contribution in [0.1, 0.15) is 16.7 Å². The van der Waals surface area contributed by atoms with Crippen LogP contribution in [0.5, 0.6) is 5.88 Å². The third kappa shape index (κ3) is 4.49. The van der Waals surface area contributed by atoms with Crippen molar-refractivity contribution in [2.24, 2.45) is 4.99 Å². The van der Waals surface area contributed by atoms with Gasteiger partial charge in [0.2, 0.25) is 0 Å². The molecule has 0 fully saturated rings. The molecular weight excluding hydrogens is 418 g/mol. The van der Waals surface area contributed by atoms with Crippen LogP contribution in [0, 0.1) is 0 Å². The summed E-state index contributed by atoms with van der Waals surface area (Å²) in [6.45, 7) is 0.838. The molecule has 2 N–H and O–H groups in total. The highest BCUT2D eigenvalue weighted by Gasteiger charge is 2.19.